The molecule has 0 N–H and O–H groups in total. The fourth-order valence-electron chi connectivity index (χ4n) is 3.56. The van der Waals surface area contributed by atoms with Crippen LogP contribution in [0.25, 0.3) is 21.7 Å². The number of fused-ring (bicyclic) bond motifs is 3. The van der Waals surface area contributed by atoms with Gasteiger partial charge in [0.25, 0.3) is 0 Å². The maximum absolute atomic E-state index is 12.8. The van der Waals surface area contributed by atoms with Crippen molar-refractivity contribution in [2.75, 3.05) is 21.2 Å². The zero-order chi connectivity index (χ0) is 23.8. The number of rotatable bonds is 6. The monoisotopic (exact) mass is 467 g/mol. The maximum atomic E-state index is 12.8. The average molecular weight is 467 g/mol. The van der Waals surface area contributed by atoms with Crippen LogP contribution in [0.15, 0.2) is 74.8 Å². The van der Waals surface area contributed by atoms with Gasteiger partial charge in [0.1, 0.15) is 22.8 Å². The van der Waals surface area contributed by atoms with Crippen LogP contribution in [-0.2, 0) is 21.4 Å². The van der Waals surface area contributed by atoms with Gasteiger partial charge in [-0.05, 0) is 35.0 Å². The molecule has 0 saturated carbocycles. The van der Waals surface area contributed by atoms with Crippen LogP contribution in [0.4, 0.5) is 0 Å². The molecule has 0 aliphatic rings. The van der Waals surface area contributed by atoms with Crippen molar-refractivity contribution in [3.63, 3.8) is 0 Å². The van der Waals surface area contributed by atoms with E-state index in [0.717, 1.165) is 15.1 Å². The Kier molecular flexibility index (Phi) is 5.92. The second-order valence-corrected chi connectivity index (χ2v) is 9.60. The number of methoxy groups -OCH3 is 1. The number of benzene rings is 3. The van der Waals surface area contributed by atoms with E-state index in [1.54, 1.807) is 6.07 Å². The molecule has 33 heavy (non-hydrogen) atoms. The zero-order valence-electron chi connectivity index (χ0n) is 18.2. The van der Waals surface area contributed by atoms with Crippen LogP contribution in [0.3, 0.4) is 0 Å². The van der Waals surface area contributed by atoms with Crippen molar-refractivity contribution in [3.8, 4) is 5.75 Å². The quantitative estimate of drug-likeness (QED) is 0.243. The van der Waals surface area contributed by atoms with Crippen molar-refractivity contribution in [3.05, 3.63) is 82.2 Å². The Morgan fingerprint density at radius 3 is 2.52 bits per heavy atom. The Balaban J connectivity index is 1.70. The highest BCUT2D eigenvalue weighted by Crippen LogP contribution is 2.29. The first-order chi connectivity index (χ1) is 15.7. The summed E-state index contributed by atoms with van der Waals surface area (Å²) in [6.07, 6.45) is 0. The SMILES string of the molecule is COc1ccc(C(=O)OCc2cc(=O)oc3ccc4ccccc4c23)cc1S(=O)(=O)N(C)C. The predicted octanol–water partition coefficient (Wildman–Crippen LogP) is 3.56. The number of nitrogens with zero attached hydrogens (tertiary/aromatic N) is 1. The predicted molar refractivity (Wildman–Crippen MR) is 123 cm³/mol. The van der Waals surface area contributed by atoms with Gasteiger partial charge in [0, 0.05) is 31.1 Å². The number of ether oxygens (including phenoxy) is 2. The van der Waals surface area contributed by atoms with Crippen LogP contribution >= 0.6 is 0 Å². The lowest BCUT2D eigenvalue weighted by molar-refractivity contribution is 0.0473. The molecule has 170 valence electrons. The molecule has 0 amide bonds. The molecule has 0 bridgehead atoms. The van der Waals surface area contributed by atoms with Gasteiger partial charge >= 0.3 is 11.6 Å². The van der Waals surface area contributed by atoms with Crippen molar-refractivity contribution >= 4 is 37.7 Å². The van der Waals surface area contributed by atoms with Gasteiger partial charge in [-0.3, -0.25) is 0 Å². The molecule has 4 rings (SSSR count). The third-order valence-corrected chi connectivity index (χ3v) is 7.07. The van der Waals surface area contributed by atoms with E-state index in [-0.39, 0.29) is 22.8 Å². The average Bonchev–Trinajstić information content (AvgIpc) is 2.81. The summed E-state index contributed by atoms with van der Waals surface area (Å²) in [5, 5.41) is 2.47. The van der Waals surface area contributed by atoms with Gasteiger partial charge in [-0.25, -0.2) is 22.3 Å². The molecule has 4 aromatic rings. The van der Waals surface area contributed by atoms with Crippen LogP contribution in [0, 0.1) is 0 Å². The van der Waals surface area contributed by atoms with Crippen molar-refractivity contribution in [2.45, 2.75) is 11.5 Å². The van der Waals surface area contributed by atoms with E-state index in [0.29, 0.717) is 16.5 Å². The lowest BCUT2D eigenvalue weighted by Crippen LogP contribution is -2.23. The van der Waals surface area contributed by atoms with Crippen LogP contribution in [0.5, 0.6) is 5.75 Å². The molecule has 0 aliphatic heterocycles. The van der Waals surface area contributed by atoms with Gasteiger partial charge in [-0.2, -0.15) is 0 Å². The number of carbonyl (C=O) groups is 1. The van der Waals surface area contributed by atoms with Crippen molar-refractivity contribution < 1.29 is 27.1 Å². The smallest absolute Gasteiger partial charge is 0.338 e. The van der Waals surface area contributed by atoms with E-state index in [9.17, 15) is 18.0 Å². The number of hydrogen-bond acceptors (Lipinski definition) is 7. The Morgan fingerprint density at radius 1 is 1.03 bits per heavy atom. The molecular weight excluding hydrogens is 446 g/mol. The number of carbonyl (C=O) groups excluding carboxylic acids is 1. The van der Waals surface area contributed by atoms with Crippen LogP contribution in [-0.4, -0.2) is 39.9 Å². The highest BCUT2D eigenvalue weighted by Gasteiger charge is 2.24. The summed E-state index contributed by atoms with van der Waals surface area (Å²) in [5.41, 5.74) is 0.345. The van der Waals surface area contributed by atoms with E-state index in [4.69, 9.17) is 13.9 Å². The largest absolute Gasteiger partial charge is 0.495 e. The molecule has 0 spiro atoms. The summed E-state index contributed by atoms with van der Waals surface area (Å²) < 4.78 is 42.2. The Bertz CT molecular complexity index is 1540. The van der Waals surface area contributed by atoms with E-state index < -0.39 is 21.6 Å². The Hall–Kier alpha value is -3.69. The van der Waals surface area contributed by atoms with E-state index >= 15 is 0 Å². The Labute approximate surface area is 190 Å². The summed E-state index contributed by atoms with van der Waals surface area (Å²) in [6.45, 7) is -0.198. The summed E-state index contributed by atoms with van der Waals surface area (Å²) >= 11 is 0. The first kappa shape index (κ1) is 22.5. The summed E-state index contributed by atoms with van der Waals surface area (Å²) in [4.78, 5) is 24.7. The number of sulfonamides is 1. The first-order valence-electron chi connectivity index (χ1n) is 9.94. The van der Waals surface area contributed by atoms with Gasteiger partial charge in [-0.1, -0.05) is 30.3 Å². The minimum Gasteiger partial charge on any atom is -0.495 e. The summed E-state index contributed by atoms with van der Waals surface area (Å²) in [5.74, 6) is -0.632. The zero-order valence-corrected chi connectivity index (χ0v) is 19.0. The second-order valence-electron chi connectivity index (χ2n) is 7.48. The lowest BCUT2D eigenvalue weighted by atomic mass is 10.0. The minimum atomic E-state index is -3.85. The molecule has 0 radical (unpaired) electrons. The van der Waals surface area contributed by atoms with Crippen molar-refractivity contribution in [1.82, 2.24) is 4.31 Å². The minimum absolute atomic E-state index is 0.0355. The third-order valence-electron chi connectivity index (χ3n) is 5.23. The van der Waals surface area contributed by atoms with Gasteiger partial charge in [0.15, 0.2) is 0 Å². The third kappa shape index (κ3) is 4.20. The summed E-state index contributed by atoms with van der Waals surface area (Å²) in [6, 6.07) is 16.5. The fraction of sp³-hybridized carbons (Fsp3) is 0.167. The summed E-state index contributed by atoms with van der Waals surface area (Å²) in [7, 11) is 0.261. The maximum Gasteiger partial charge on any atom is 0.338 e. The molecule has 0 aliphatic carbocycles. The molecule has 0 fully saturated rings. The Morgan fingerprint density at radius 2 is 1.79 bits per heavy atom. The van der Waals surface area contributed by atoms with E-state index in [1.807, 2.05) is 30.3 Å². The topological polar surface area (TPSA) is 103 Å². The van der Waals surface area contributed by atoms with Crippen LogP contribution in [0.2, 0.25) is 0 Å². The number of hydrogen-bond donors (Lipinski definition) is 0. The molecule has 0 unspecified atom stereocenters. The molecule has 1 heterocycles. The first-order valence-corrected chi connectivity index (χ1v) is 11.4. The fourth-order valence-corrected chi connectivity index (χ4v) is 4.64. The second kappa shape index (κ2) is 8.68. The van der Waals surface area contributed by atoms with E-state index in [2.05, 4.69) is 0 Å². The normalized spacial score (nSPS) is 11.8. The molecule has 8 nitrogen and oxygen atoms in total. The van der Waals surface area contributed by atoms with Crippen LogP contribution < -0.4 is 10.4 Å². The lowest BCUT2D eigenvalue weighted by Gasteiger charge is -2.15. The molecule has 9 heteroatoms. The van der Waals surface area contributed by atoms with Gasteiger partial charge < -0.3 is 13.9 Å². The highest BCUT2D eigenvalue weighted by atomic mass is 32.2. The number of esters is 1. The molecule has 0 atom stereocenters. The van der Waals surface area contributed by atoms with Gasteiger partial charge in [0.2, 0.25) is 10.0 Å². The highest BCUT2D eigenvalue weighted by molar-refractivity contribution is 7.89. The van der Waals surface area contributed by atoms with Crippen LogP contribution in [0.1, 0.15) is 15.9 Å². The van der Waals surface area contributed by atoms with Gasteiger partial charge in [0.05, 0.1) is 12.7 Å². The van der Waals surface area contributed by atoms with Gasteiger partial charge in [-0.15, -0.1) is 0 Å². The standard InChI is InChI=1S/C24H21NO7S/c1-25(2)33(28,29)21-12-16(9-10-19(21)30-3)24(27)31-14-17-13-22(26)32-20-11-8-15-6-4-5-7-18(15)23(17)20/h4-13H,14H2,1-3H3. The van der Waals surface area contributed by atoms with E-state index in [1.165, 1.54) is 45.5 Å². The molecular formula is C24H21NO7S. The molecule has 0 saturated heterocycles. The molecule has 3 aromatic carbocycles. The van der Waals surface area contributed by atoms with Crippen molar-refractivity contribution in [1.29, 1.82) is 0 Å². The van der Waals surface area contributed by atoms with Crippen molar-refractivity contribution in [2.24, 2.45) is 0 Å². The molecule has 1 aromatic heterocycles.